The van der Waals surface area contributed by atoms with Crippen molar-refractivity contribution in [3.63, 3.8) is 0 Å². The Morgan fingerprint density at radius 2 is 2.35 bits per heavy atom. The van der Waals surface area contributed by atoms with Gasteiger partial charge in [-0.2, -0.15) is 5.10 Å². The van der Waals surface area contributed by atoms with E-state index in [1.54, 1.807) is 12.3 Å². The van der Waals surface area contributed by atoms with Gasteiger partial charge >= 0.3 is 0 Å². The van der Waals surface area contributed by atoms with Gasteiger partial charge in [0.15, 0.2) is 0 Å². The highest BCUT2D eigenvalue weighted by atomic mass is 79.9. The molecule has 2 aliphatic rings. The minimum Gasteiger partial charge on any atom is -0.382 e. The molecule has 1 heterocycles. The van der Waals surface area contributed by atoms with Crippen LogP contribution in [0, 0.1) is 17.8 Å². The number of hydrogen-bond donors (Lipinski definition) is 1. The first-order valence-electron chi connectivity index (χ1n) is 7.29. The molecule has 2 saturated carbocycles. The molecule has 20 heavy (non-hydrogen) atoms. The molecule has 2 aliphatic carbocycles. The van der Waals surface area contributed by atoms with Crippen LogP contribution in [0.1, 0.15) is 25.7 Å². The average molecular weight is 338 g/mol. The van der Waals surface area contributed by atoms with Crippen molar-refractivity contribution in [3.05, 3.63) is 33.7 Å². The SMILES string of the molecule is C=CCn1ncc(NCC2CC3CCC2C3)c(Br)c1=O. The fourth-order valence-electron chi connectivity index (χ4n) is 3.71. The third-order valence-electron chi connectivity index (χ3n) is 4.73. The number of aromatic nitrogens is 2. The van der Waals surface area contributed by atoms with Crippen LogP contribution in [0.5, 0.6) is 0 Å². The lowest BCUT2D eigenvalue weighted by molar-refractivity contribution is 0.348. The zero-order valence-electron chi connectivity index (χ0n) is 11.5. The summed E-state index contributed by atoms with van der Waals surface area (Å²) >= 11 is 3.38. The molecular formula is C15H20BrN3O. The largest absolute Gasteiger partial charge is 0.382 e. The highest BCUT2D eigenvalue weighted by Gasteiger charge is 2.39. The molecule has 0 aromatic carbocycles. The van der Waals surface area contributed by atoms with Crippen LogP contribution in [0.4, 0.5) is 5.69 Å². The van der Waals surface area contributed by atoms with Crippen molar-refractivity contribution >= 4 is 21.6 Å². The molecular weight excluding hydrogens is 318 g/mol. The van der Waals surface area contributed by atoms with Gasteiger partial charge in [0.1, 0.15) is 4.47 Å². The predicted molar refractivity (Wildman–Crippen MR) is 83.8 cm³/mol. The maximum absolute atomic E-state index is 12.1. The molecule has 0 radical (unpaired) electrons. The molecule has 0 saturated heterocycles. The summed E-state index contributed by atoms with van der Waals surface area (Å²) in [4.78, 5) is 12.1. The number of nitrogens with one attached hydrogen (secondary N) is 1. The number of anilines is 1. The van der Waals surface area contributed by atoms with Gasteiger partial charge in [0.25, 0.3) is 5.56 Å². The topological polar surface area (TPSA) is 46.9 Å². The molecule has 1 aromatic heterocycles. The molecule has 2 bridgehead atoms. The Labute approximate surface area is 127 Å². The van der Waals surface area contributed by atoms with Crippen LogP contribution in [-0.2, 0) is 6.54 Å². The summed E-state index contributed by atoms with van der Waals surface area (Å²) in [6, 6.07) is 0. The molecule has 3 unspecified atom stereocenters. The van der Waals surface area contributed by atoms with E-state index in [9.17, 15) is 4.79 Å². The fraction of sp³-hybridized carbons (Fsp3) is 0.600. The van der Waals surface area contributed by atoms with Crippen LogP contribution in [0.15, 0.2) is 28.1 Å². The lowest BCUT2D eigenvalue weighted by Gasteiger charge is -2.22. The van der Waals surface area contributed by atoms with Gasteiger partial charge < -0.3 is 5.32 Å². The maximum atomic E-state index is 12.1. The Kier molecular flexibility index (Phi) is 3.96. The lowest BCUT2D eigenvalue weighted by Crippen LogP contribution is -2.26. The third kappa shape index (κ3) is 2.55. The molecule has 1 aromatic rings. The zero-order valence-corrected chi connectivity index (χ0v) is 13.1. The second kappa shape index (κ2) is 5.72. The number of fused-ring (bicyclic) bond motifs is 2. The van der Waals surface area contributed by atoms with Crippen LogP contribution in [0.2, 0.25) is 0 Å². The van der Waals surface area contributed by atoms with E-state index < -0.39 is 0 Å². The quantitative estimate of drug-likeness (QED) is 0.840. The van der Waals surface area contributed by atoms with Crippen molar-refractivity contribution < 1.29 is 0 Å². The van der Waals surface area contributed by atoms with Crippen LogP contribution < -0.4 is 10.9 Å². The van der Waals surface area contributed by atoms with Crippen molar-refractivity contribution in [2.75, 3.05) is 11.9 Å². The monoisotopic (exact) mass is 337 g/mol. The normalized spacial score (nSPS) is 27.8. The Bertz CT molecular complexity index is 569. The molecule has 1 N–H and O–H groups in total. The average Bonchev–Trinajstić information content (AvgIpc) is 3.06. The van der Waals surface area contributed by atoms with E-state index >= 15 is 0 Å². The molecule has 4 nitrogen and oxygen atoms in total. The van der Waals surface area contributed by atoms with Gasteiger partial charge in [-0.3, -0.25) is 4.79 Å². The van der Waals surface area contributed by atoms with Crippen molar-refractivity contribution in [1.29, 1.82) is 0 Å². The van der Waals surface area contributed by atoms with E-state index in [-0.39, 0.29) is 5.56 Å². The van der Waals surface area contributed by atoms with E-state index in [1.165, 1.54) is 30.4 Å². The number of nitrogens with zero attached hydrogens (tertiary/aromatic N) is 2. The van der Waals surface area contributed by atoms with E-state index in [0.717, 1.165) is 30.0 Å². The first kappa shape index (κ1) is 13.9. The van der Waals surface area contributed by atoms with E-state index in [0.29, 0.717) is 11.0 Å². The summed E-state index contributed by atoms with van der Waals surface area (Å²) in [5.74, 6) is 2.60. The number of halogens is 1. The Hall–Kier alpha value is -1.10. The van der Waals surface area contributed by atoms with E-state index in [2.05, 4.69) is 32.9 Å². The zero-order chi connectivity index (χ0) is 14.1. The van der Waals surface area contributed by atoms with Crippen molar-refractivity contribution in [1.82, 2.24) is 9.78 Å². The van der Waals surface area contributed by atoms with Crippen molar-refractivity contribution in [2.45, 2.75) is 32.2 Å². The molecule has 2 fully saturated rings. The van der Waals surface area contributed by atoms with E-state index in [4.69, 9.17) is 0 Å². The number of hydrogen-bond acceptors (Lipinski definition) is 3. The number of rotatable bonds is 5. The minimum atomic E-state index is -0.108. The van der Waals surface area contributed by atoms with Gasteiger partial charge in [0.2, 0.25) is 0 Å². The van der Waals surface area contributed by atoms with Gasteiger partial charge in [-0.25, -0.2) is 4.68 Å². The second-order valence-corrected chi connectivity index (χ2v) is 6.76. The minimum absolute atomic E-state index is 0.108. The van der Waals surface area contributed by atoms with Crippen LogP contribution >= 0.6 is 15.9 Å². The second-order valence-electron chi connectivity index (χ2n) is 5.96. The molecule has 0 spiro atoms. The van der Waals surface area contributed by atoms with Gasteiger partial charge in [-0.15, -0.1) is 6.58 Å². The molecule has 108 valence electrons. The molecule has 5 heteroatoms. The molecule has 0 amide bonds. The fourth-order valence-corrected chi connectivity index (χ4v) is 4.16. The van der Waals surface area contributed by atoms with E-state index in [1.807, 2.05) is 0 Å². The van der Waals surface area contributed by atoms with Crippen molar-refractivity contribution in [2.24, 2.45) is 17.8 Å². The molecule has 3 atom stereocenters. The first-order valence-corrected chi connectivity index (χ1v) is 8.08. The highest BCUT2D eigenvalue weighted by Crippen LogP contribution is 2.48. The third-order valence-corrected chi connectivity index (χ3v) is 5.49. The van der Waals surface area contributed by atoms with Gasteiger partial charge in [0, 0.05) is 6.54 Å². The summed E-state index contributed by atoms with van der Waals surface area (Å²) < 4.78 is 1.97. The summed E-state index contributed by atoms with van der Waals surface area (Å²) in [5, 5.41) is 7.56. The number of allylic oxidation sites excluding steroid dienone is 1. The van der Waals surface area contributed by atoms with Gasteiger partial charge in [-0.1, -0.05) is 12.5 Å². The van der Waals surface area contributed by atoms with Crippen molar-refractivity contribution in [3.8, 4) is 0 Å². The summed E-state index contributed by atoms with van der Waals surface area (Å²) in [6.07, 6.45) is 8.95. The smallest absolute Gasteiger partial charge is 0.283 e. The maximum Gasteiger partial charge on any atom is 0.283 e. The van der Waals surface area contributed by atoms with Gasteiger partial charge in [-0.05, 0) is 52.9 Å². The molecule has 3 rings (SSSR count). The van der Waals surface area contributed by atoms with Crippen LogP contribution in [-0.4, -0.2) is 16.3 Å². The van der Waals surface area contributed by atoms with Crippen LogP contribution in [0.25, 0.3) is 0 Å². The standard InChI is InChI=1S/C15H20BrN3O/c1-2-5-19-15(20)14(16)13(9-18-19)17-8-12-7-10-3-4-11(12)6-10/h2,9-12,17H,1,3-8H2. The molecule has 0 aliphatic heterocycles. The Balaban J connectivity index is 1.67. The summed E-state index contributed by atoms with van der Waals surface area (Å²) in [6.45, 7) is 5.01. The summed E-state index contributed by atoms with van der Waals surface area (Å²) in [7, 11) is 0. The first-order chi connectivity index (χ1) is 9.69. The summed E-state index contributed by atoms with van der Waals surface area (Å²) in [5.41, 5.74) is 0.695. The van der Waals surface area contributed by atoms with Crippen LogP contribution in [0.3, 0.4) is 0 Å². The highest BCUT2D eigenvalue weighted by molar-refractivity contribution is 9.10. The Morgan fingerprint density at radius 1 is 1.50 bits per heavy atom. The predicted octanol–water partition coefficient (Wildman–Crippen LogP) is 3.04. The van der Waals surface area contributed by atoms with Gasteiger partial charge in [0.05, 0.1) is 18.4 Å². The Morgan fingerprint density at radius 3 is 3.00 bits per heavy atom. The lowest BCUT2D eigenvalue weighted by atomic mass is 9.89.